The van der Waals surface area contributed by atoms with Crippen molar-refractivity contribution in [2.75, 3.05) is 13.1 Å². The highest BCUT2D eigenvalue weighted by Crippen LogP contribution is 2.21. The molecule has 0 spiro atoms. The van der Waals surface area contributed by atoms with E-state index in [2.05, 4.69) is 44.0 Å². The van der Waals surface area contributed by atoms with Crippen molar-refractivity contribution < 1.29 is 4.42 Å². The Hall–Kier alpha value is -0.800. The van der Waals surface area contributed by atoms with Gasteiger partial charge in [-0.1, -0.05) is 27.7 Å². The van der Waals surface area contributed by atoms with Gasteiger partial charge >= 0.3 is 0 Å². The van der Waals surface area contributed by atoms with E-state index in [1.165, 1.54) is 18.4 Å². The van der Waals surface area contributed by atoms with Crippen LogP contribution in [0.15, 0.2) is 16.7 Å². The van der Waals surface area contributed by atoms with Crippen LogP contribution in [0.4, 0.5) is 0 Å². The lowest BCUT2D eigenvalue weighted by atomic mass is 10.1. The minimum absolute atomic E-state index is 0.691. The van der Waals surface area contributed by atoms with E-state index in [4.69, 9.17) is 4.42 Å². The largest absolute Gasteiger partial charge is 0.468 e. The quantitative estimate of drug-likeness (QED) is 0.747. The van der Waals surface area contributed by atoms with Gasteiger partial charge in [0, 0.05) is 31.2 Å². The van der Waals surface area contributed by atoms with Crippen LogP contribution in [-0.4, -0.2) is 24.0 Å². The van der Waals surface area contributed by atoms with Gasteiger partial charge in [-0.3, -0.25) is 4.90 Å². The van der Waals surface area contributed by atoms with Crippen molar-refractivity contribution >= 4 is 0 Å². The van der Waals surface area contributed by atoms with Crippen molar-refractivity contribution in [3.8, 4) is 0 Å². The molecule has 20 heavy (non-hydrogen) atoms. The third kappa shape index (κ3) is 5.29. The van der Waals surface area contributed by atoms with E-state index in [1.54, 1.807) is 0 Å². The third-order valence-corrected chi connectivity index (χ3v) is 3.61. The molecular formula is C17H30N2O. The number of rotatable bonds is 9. The van der Waals surface area contributed by atoms with Crippen molar-refractivity contribution in [3.05, 3.63) is 23.7 Å². The molecule has 1 aromatic heterocycles. The molecule has 1 heterocycles. The second-order valence-corrected chi connectivity index (χ2v) is 7.01. The van der Waals surface area contributed by atoms with Gasteiger partial charge in [-0.2, -0.15) is 0 Å². The monoisotopic (exact) mass is 278 g/mol. The molecule has 0 aromatic carbocycles. The summed E-state index contributed by atoms with van der Waals surface area (Å²) in [7, 11) is 0. The van der Waals surface area contributed by atoms with E-state index in [1.807, 2.05) is 6.26 Å². The van der Waals surface area contributed by atoms with Crippen LogP contribution in [0, 0.1) is 11.8 Å². The molecule has 1 fully saturated rings. The molecule has 1 N–H and O–H groups in total. The first-order valence-corrected chi connectivity index (χ1v) is 8.05. The van der Waals surface area contributed by atoms with E-state index in [9.17, 15) is 0 Å². The van der Waals surface area contributed by atoms with Gasteiger partial charge in [-0.25, -0.2) is 0 Å². The fourth-order valence-electron chi connectivity index (χ4n) is 2.64. The molecule has 1 aliphatic rings. The van der Waals surface area contributed by atoms with Crippen LogP contribution >= 0.6 is 0 Å². The number of hydrogen-bond donors (Lipinski definition) is 1. The predicted molar refractivity (Wildman–Crippen MR) is 83.5 cm³/mol. The molecule has 0 amide bonds. The Bertz CT molecular complexity index is 383. The van der Waals surface area contributed by atoms with Crippen LogP contribution in [0.1, 0.15) is 51.9 Å². The summed E-state index contributed by atoms with van der Waals surface area (Å²) in [6, 6.07) is 2.87. The first-order valence-electron chi connectivity index (χ1n) is 8.05. The fraction of sp³-hybridized carbons (Fsp3) is 0.765. The van der Waals surface area contributed by atoms with E-state index >= 15 is 0 Å². The average molecular weight is 278 g/mol. The van der Waals surface area contributed by atoms with Gasteiger partial charge in [-0.15, -0.1) is 0 Å². The van der Waals surface area contributed by atoms with Gasteiger partial charge < -0.3 is 9.73 Å². The van der Waals surface area contributed by atoms with Crippen LogP contribution in [0.5, 0.6) is 0 Å². The molecule has 0 saturated heterocycles. The SMILES string of the molecule is CC(C)CN(Cc1occc1CNC1CC1)CC(C)C. The molecule has 0 aliphatic heterocycles. The molecule has 0 unspecified atom stereocenters. The number of nitrogens with zero attached hydrogens (tertiary/aromatic N) is 1. The van der Waals surface area contributed by atoms with Gasteiger partial charge in [0.05, 0.1) is 12.8 Å². The van der Waals surface area contributed by atoms with Gasteiger partial charge in [0.1, 0.15) is 5.76 Å². The Morgan fingerprint density at radius 2 is 1.85 bits per heavy atom. The Morgan fingerprint density at radius 3 is 2.40 bits per heavy atom. The average Bonchev–Trinajstić information content (AvgIpc) is 3.06. The zero-order chi connectivity index (χ0) is 14.5. The first kappa shape index (κ1) is 15.6. The standard InChI is InChI=1S/C17H30N2O/c1-13(2)10-19(11-14(3)4)12-17-15(7-8-20-17)9-18-16-5-6-16/h7-8,13-14,16,18H,5-6,9-12H2,1-4H3. The highest BCUT2D eigenvalue weighted by atomic mass is 16.3. The summed E-state index contributed by atoms with van der Waals surface area (Å²) in [4.78, 5) is 2.52. The van der Waals surface area contributed by atoms with Crippen LogP contribution in [0.3, 0.4) is 0 Å². The second-order valence-electron chi connectivity index (χ2n) is 7.01. The molecule has 3 nitrogen and oxygen atoms in total. The number of furan rings is 1. The lowest BCUT2D eigenvalue weighted by Gasteiger charge is -2.25. The molecule has 0 radical (unpaired) electrons. The van der Waals surface area contributed by atoms with Crippen LogP contribution in [-0.2, 0) is 13.1 Å². The molecule has 1 aromatic rings. The van der Waals surface area contributed by atoms with E-state index in [0.29, 0.717) is 11.8 Å². The summed E-state index contributed by atoms with van der Waals surface area (Å²) in [5.74, 6) is 2.52. The lowest BCUT2D eigenvalue weighted by Crippen LogP contribution is -2.31. The summed E-state index contributed by atoms with van der Waals surface area (Å²) >= 11 is 0. The molecular weight excluding hydrogens is 248 g/mol. The van der Waals surface area contributed by atoms with Crippen molar-refractivity contribution in [2.24, 2.45) is 11.8 Å². The fourth-order valence-corrected chi connectivity index (χ4v) is 2.64. The molecule has 0 atom stereocenters. The summed E-state index contributed by atoms with van der Waals surface area (Å²) in [6.07, 6.45) is 4.50. The summed E-state index contributed by atoms with van der Waals surface area (Å²) in [6.45, 7) is 13.3. The van der Waals surface area contributed by atoms with E-state index < -0.39 is 0 Å². The minimum atomic E-state index is 0.691. The summed E-state index contributed by atoms with van der Waals surface area (Å²) in [5, 5.41) is 3.58. The maximum atomic E-state index is 5.73. The molecule has 1 aliphatic carbocycles. The molecule has 2 rings (SSSR count). The van der Waals surface area contributed by atoms with Crippen LogP contribution < -0.4 is 5.32 Å². The number of hydrogen-bond acceptors (Lipinski definition) is 3. The van der Waals surface area contributed by atoms with Crippen LogP contribution in [0.2, 0.25) is 0 Å². The maximum absolute atomic E-state index is 5.73. The molecule has 114 valence electrons. The lowest BCUT2D eigenvalue weighted by molar-refractivity contribution is 0.196. The summed E-state index contributed by atoms with van der Waals surface area (Å²) < 4.78 is 5.73. The number of nitrogens with one attached hydrogen (secondary N) is 1. The zero-order valence-corrected chi connectivity index (χ0v) is 13.5. The van der Waals surface area contributed by atoms with Gasteiger partial charge in [0.15, 0.2) is 0 Å². The smallest absolute Gasteiger partial charge is 0.122 e. The maximum Gasteiger partial charge on any atom is 0.122 e. The van der Waals surface area contributed by atoms with Crippen LogP contribution in [0.25, 0.3) is 0 Å². The third-order valence-electron chi connectivity index (χ3n) is 3.61. The van der Waals surface area contributed by atoms with Gasteiger partial charge in [-0.05, 0) is 30.7 Å². The Kier molecular flexibility index (Phi) is 5.67. The van der Waals surface area contributed by atoms with Crippen molar-refractivity contribution in [3.63, 3.8) is 0 Å². The topological polar surface area (TPSA) is 28.4 Å². The van der Waals surface area contributed by atoms with Crippen molar-refractivity contribution in [1.29, 1.82) is 0 Å². The van der Waals surface area contributed by atoms with E-state index in [0.717, 1.165) is 38.0 Å². The first-order chi connectivity index (χ1) is 9.54. The van der Waals surface area contributed by atoms with Gasteiger partial charge in [0.2, 0.25) is 0 Å². The van der Waals surface area contributed by atoms with Crippen molar-refractivity contribution in [1.82, 2.24) is 10.2 Å². The normalized spacial score (nSPS) is 15.8. The highest BCUT2D eigenvalue weighted by molar-refractivity contribution is 5.17. The second kappa shape index (κ2) is 7.28. The van der Waals surface area contributed by atoms with Gasteiger partial charge in [0.25, 0.3) is 0 Å². The Labute approximate surface area is 123 Å². The Morgan fingerprint density at radius 1 is 1.20 bits per heavy atom. The summed E-state index contributed by atoms with van der Waals surface area (Å²) in [5.41, 5.74) is 1.33. The minimum Gasteiger partial charge on any atom is -0.468 e. The highest BCUT2D eigenvalue weighted by Gasteiger charge is 2.21. The van der Waals surface area contributed by atoms with Crippen molar-refractivity contribution in [2.45, 2.75) is 59.7 Å². The Balaban J connectivity index is 1.91. The zero-order valence-electron chi connectivity index (χ0n) is 13.5. The molecule has 1 saturated carbocycles. The molecule has 0 bridgehead atoms. The predicted octanol–water partition coefficient (Wildman–Crippen LogP) is 3.65. The molecule has 3 heteroatoms. The van der Waals surface area contributed by atoms with E-state index in [-0.39, 0.29) is 0 Å².